The number of thiophene rings is 1. The van der Waals surface area contributed by atoms with Crippen molar-refractivity contribution in [1.29, 1.82) is 0 Å². The summed E-state index contributed by atoms with van der Waals surface area (Å²) < 4.78 is 1.54. The van der Waals surface area contributed by atoms with Crippen LogP contribution in [-0.4, -0.2) is 49.7 Å². The molecule has 0 bridgehead atoms. The number of aromatic nitrogens is 4. The minimum absolute atomic E-state index is 0.00672. The van der Waals surface area contributed by atoms with Crippen molar-refractivity contribution < 1.29 is 9.59 Å². The number of tetrazole rings is 1. The number of anilines is 1. The molecule has 0 aliphatic carbocycles. The van der Waals surface area contributed by atoms with Gasteiger partial charge >= 0.3 is 0 Å². The molecule has 0 fully saturated rings. The SMILES string of the molecule is CC(=O)Nc1cccc(-n2nnnc2SCC(=O)N(C)Cc2ccsc2)c1. The molecule has 0 saturated heterocycles. The zero-order valence-corrected chi connectivity index (χ0v) is 16.5. The lowest BCUT2D eigenvalue weighted by atomic mass is 10.3. The van der Waals surface area contributed by atoms with E-state index < -0.39 is 0 Å². The second-order valence-electron chi connectivity index (χ2n) is 5.77. The van der Waals surface area contributed by atoms with Crippen molar-refractivity contribution in [3.63, 3.8) is 0 Å². The van der Waals surface area contributed by atoms with Gasteiger partial charge in [0.25, 0.3) is 0 Å². The molecule has 27 heavy (non-hydrogen) atoms. The highest BCUT2D eigenvalue weighted by atomic mass is 32.2. The minimum Gasteiger partial charge on any atom is -0.341 e. The lowest BCUT2D eigenvalue weighted by molar-refractivity contribution is -0.127. The van der Waals surface area contributed by atoms with Gasteiger partial charge in [0.2, 0.25) is 17.0 Å². The summed E-state index contributed by atoms with van der Waals surface area (Å²) in [5, 5.41) is 18.9. The second kappa shape index (κ2) is 8.78. The molecule has 8 nitrogen and oxygen atoms in total. The third kappa shape index (κ3) is 5.14. The number of nitrogens with one attached hydrogen (secondary N) is 1. The quantitative estimate of drug-likeness (QED) is 0.610. The third-order valence-electron chi connectivity index (χ3n) is 3.60. The molecule has 0 unspecified atom stereocenters. The van der Waals surface area contributed by atoms with Crippen LogP contribution < -0.4 is 5.32 Å². The van der Waals surface area contributed by atoms with Crippen LogP contribution in [0.1, 0.15) is 12.5 Å². The van der Waals surface area contributed by atoms with Crippen molar-refractivity contribution in [2.75, 3.05) is 18.1 Å². The first-order chi connectivity index (χ1) is 13.0. The van der Waals surface area contributed by atoms with Crippen molar-refractivity contribution in [2.45, 2.75) is 18.6 Å². The van der Waals surface area contributed by atoms with Gasteiger partial charge < -0.3 is 10.2 Å². The van der Waals surface area contributed by atoms with Crippen molar-refractivity contribution >= 4 is 40.6 Å². The molecule has 2 amide bonds. The zero-order chi connectivity index (χ0) is 19.2. The Morgan fingerprint density at radius 2 is 2.19 bits per heavy atom. The number of rotatable bonds is 7. The van der Waals surface area contributed by atoms with E-state index in [1.54, 1.807) is 46.2 Å². The van der Waals surface area contributed by atoms with Gasteiger partial charge in [-0.25, -0.2) is 0 Å². The van der Waals surface area contributed by atoms with Gasteiger partial charge in [-0.2, -0.15) is 16.0 Å². The Morgan fingerprint density at radius 1 is 1.33 bits per heavy atom. The Bertz CT molecular complexity index is 925. The van der Waals surface area contributed by atoms with Crippen LogP contribution in [-0.2, 0) is 16.1 Å². The summed E-state index contributed by atoms with van der Waals surface area (Å²) in [7, 11) is 1.78. The molecule has 2 aromatic heterocycles. The highest BCUT2D eigenvalue weighted by molar-refractivity contribution is 7.99. The van der Waals surface area contributed by atoms with Crippen LogP contribution in [0, 0.1) is 0 Å². The lowest BCUT2D eigenvalue weighted by Gasteiger charge is -2.16. The first-order valence-corrected chi connectivity index (χ1v) is 10.00. The summed E-state index contributed by atoms with van der Waals surface area (Å²) in [4.78, 5) is 25.3. The Kier molecular flexibility index (Phi) is 6.20. The monoisotopic (exact) mass is 402 g/mol. The third-order valence-corrected chi connectivity index (χ3v) is 5.24. The molecule has 3 aromatic rings. The van der Waals surface area contributed by atoms with Crippen LogP contribution >= 0.6 is 23.1 Å². The summed E-state index contributed by atoms with van der Waals surface area (Å²) >= 11 is 2.88. The molecular weight excluding hydrogens is 384 g/mol. The van der Waals surface area contributed by atoms with E-state index in [0.717, 1.165) is 5.56 Å². The summed E-state index contributed by atoms with van der Waals surface area (Å²) in [5.41, 5.74) is 2.46. The fourth-order valence-corrected chi connectivity index (χ4v) is 3.82. The fourth-order valence-electron chi connectivity index (χ4n) is 2.33. The van der Waals surface area contributed by atoms with E-state index in [0.29, 0.717) is 23.1 Å². The number of carbonyl (C=O) groups excluding carboxylic acids is 2. The molecule has 0 saturated carbocycles. The van der Waals surface area contributed by atoms with Gasteiger partial charge in [0.05, 0.1) is 11.4 Å². The van der Waals surface area contributed by atoms with Gasteiger partial charge in [-0.15, -0.1) is 5.10 Å². The first kappa shape index (κ1) is 19.1. The molecule has 2 heterocycles. The maximum Gasteiger partial charge on any atom is 0.233 e. The molecule has 10 heteroatoms. The van der Waals surface area contributed by atoms with Crippen LogP contribution in [0.25, 0.3) is 5.69 Å². The Hall–Kier alpha value is -2.72. The standard InChI is InChI=1S/C17H18N6O2S2/c1-12(24)18-14-4-3-5-15(8-14)23-17(19-20-21-23)27-11-16(25)22(2)9-13-6-7-26-10-13/h3-8,10H,9,11H2,1-2H3,(H,18,24). The van der Waals surface area contributed by atoms with E-state index in [1.807, 2.05) is 22.9 Å². The summed E-state index contributed by atoms with van der Waals surface area (Å²) in [5.74, 6) is 0.0670. The van der Waals surface area contributed by atoms with Crippen LogP contribution in [0.2, 0.25) is 0 Å². The molecule has 0 atom stereocenters. The van der Waals surface area contributed by atoms with E-state index in [2.05, 4.69) is 20.8 Å². The molecule has 0 radical (unpaired) electrons. The van der Waals surface area contributed by atoms with Gasteiger partial charge in [0.1, 0.15) is 0 Å². The van der Waals surface area contributed by atoms with Crippen LogP contribution in [0.15, 0.2) is 46.2 Å². The van der Waals surface area contributed by atoms with Gasteiger partial charge in [0.15, 0.2) is 0 Å². The molecule has 140 valence electrons. The maximum atomic E-state index is 12.4. The number of nitrogens with zero attached hydrogens (tertiary/aromatic N) is 5. The van der Waals surface area contributed by atoms with Gasteiger partial charge in [0, 0.05) is 26.2 Å². The van der Waals surface area contributed by atoms with Crippen molar-refractivity contribution in [1.82, 2.24) is 25.1 Å². The summed E-state index contributed by atoms with van der Waals surface area (Å²) in [6, 6.07) is 9.19. The molecule has 1 N–H and O–H groups in total. The van der Waals surface area contributed by atoms with Gasteiger partial charge in [-0.05, 0) is 51.0 Å². The highest BCUT2D eigenvalue weighted by Gasteiger charge is 2.15. The van der Waals surface area contributed by atoms with E-state index in [9.17, 15) is 9.59 Å². The molecule has 0 aliphatic heterocycles. The second-order valence-corrected chi connectivity index (χ2v) is 7.50. The molecule has 0 aliphatic rings. The topological polar surface area (TPSA) is 93.0 Å². The van der Waals surface area contributed by atoms with Gasteiger partial charge in [-0.3, -0.25) is 9.59 Å². The van der Waals surface area contributed by atoms with E-state index >= 15 is 0 Å². The van der Waals surface area contributed by atoms with Crippen LogP contribution in [0.3, 0.4) is 0 Å². The Labute approximate surface area is 164 Å². The average Bonchev–Trinajstić information content (AvgIpc) is 3.30. The number of benzene rings is 1. The summed E-state index contributed by atoms with van der Waals surface area (Å²) in [6.07, 6.45) is 0. The predicted molar refractivity (Wildman–Crippen MR) is 105 cm³/mol. The van der Waals surface area contributed by atoms with Crippen LogP contribution in [0.4, 0.5) is 5.69 Å². The van der Waals surface area contributed by atoms with E-state index in [1.165, 1.54) is 18.7 Å². The Morgan fingerprint density at radius 3 is 2.93 bits per heavy atom. The largest absolute Gasteiger partial charge is 0.341 e. The number of carbonyl (C=O) groups is 2. The number of hydrogen-bond donors (Lipinski definition) is 1. The van der Waals surface area contributed by atoms with Crippen molar-refractivity contribution in [2.24, 2.45) is 0 Å². The lowest BCUT2D eigenvalue weighted by Crippen LogP contribution is -2.27. The number of hydrogen-bond acceptors (Lipinski definition) is 7. The highest BCUT2D eigenvalue weighted by Crippen LogP contribution is 2.21. The summed E-state index contributed by atoms with van der Waals surface area (Å²) in [6.45, 7) is 2.02. The fraction of sp³-hybridized carbons (Fsp3) is 0.235. The smallest absolute Gasteiger partial charge is 0.233 e. The number of amides is 2. The molecule has 1 aromatic carbocycles. The normalized spacial score (nSPS) is 10.6. The zero-order valence-electron chi connectivity index (χ0n) is 14.8. The Balaban J connectivity index is 1.65. The maximum absolute atomic E-state index is 12.4. The number of thioether (sulfide) groups is 1. The van der Waals surface area contributed by atoms with Crippen molar-refractivity contribution in [3.05, 3.63) is 46.7 Å². The van der Waals surface area contributed by atoms with E-state index in [4.69, 9.17) is 0 Å². The molecule has 3 rings (SSSR count). The first-order valence-electron chi connectivity index (χ1n) is 8.07. The van der Waals surface area contributed by atoms with Gasteiger partial charge in [-0.1, -0.05) is 17.8 Å². The molecule has 0 spiro atoms. The van der Waals surface area contributed by atoms with Crippen LogP contribution in [0.5, 0.6) is 0 Å². The molecular formula is C17H18N6O2S2. The van der Waals surface area contributed by atoms with E-state index in [-0.39, 0.29) is 17.6 Å². The predicted octanol–water partition coefficient (Wildman–Crippen LogP) is 2.43. The minimum atomic E-state index is -0.155. The average molecular weight is 403 g/mol. The van der Waals surface area contributed by atoms with Crippen molar-refractivity contribution in [3.8, 4) is 5.69 Å².